The first-order valence-corrected chi connectivity index (χ1v) is 12.2. The Morgan fingerprint density at radius 2 is 2.03 bits per heavy atom. The third-order valence-corrected chi connectivity index (χ3v) is 7.89. The van der Waals surface area contributed by atoms with Gasteiger partial charge in [-0.05, 0) is 37.3 Å². The predicted octanol–water partition coefficient (Wildman–Crippen LogP) is 3.71. The number of carbonyl (C=O) groups is 2. The third-order valence-electron chi connectivity index (χ3n) is 7.59. The van der Waals surface area contributed by atoms with Gasteiger partial charge in [0.25, 0.3) is 5.91 Å². The van der Waals surface area contributed by atoms with Crippen LogP contribution in [0, 0.1) is 23.5 Å². The molecule has 9 nitrogen and oxygen atoms in total. The summed E-state index contributed by atoms with van der Waals surface area (Å²) >= 11 is 6.28. The second kappa shape index (κ2) is 9.37. The Labute approximate surface area is 216 Å². The Kier molecular flexibility index (Phi) is 6.35. The van der Waals surface area contributed by atoms with Crippen molar-refractivity contribution < 1.29 is 23.1 Å². The minimum absolute atomic E-state index is 0.0747. The van der Waals surface area contributed by atoms with Crippen molar-refractivity contribution in [3.63, 3.8) is 0 Å². The molecule has 4 heterocycles. The number of rotatable bonds is 6. The van der Waals surface area contributed by atoms with Gasteiger partial charge >= 0.3 is 0 Å². The fourth-order valence-electron chi connectivity index (χ4n) is 5.60. The van der Waals surface area contributed by atoms with Crippen LogP contribution in [-0.2, 0) is 4.79 Å². The molecule has 37 heavy (non-hydrogen) atoms. The number of primary amides is 1. The predicted molar refractivity (Wildman–Crippen MR) is 130 cm³/mol. The summed E-state index contributed by atoms with van der Waals surface area (Å²) in [5.74, 6) is -2.33. The second-order valence-corrected chi connectivity index (χ2v) is 10.1. The van der Waals surface area contributed by atoms with Crippen molar-refractivity contribution in [3.05, 3.63) is 58.6 Å². The normalized spacial score (nSPS) is 23.6. The number of pyridine rings is 2. The summed E-state index contributed by atoms with van der Waals surface area (Å²) in [5.41, 5.74) is 6.09. The summed E-state index contributed by atoms with van der Waals surface area (Å²) < 4.78 is 33.1. The molecule has 2 amide bonds. The van der Waals surface area contributed by atoms with Crippen molar-refractivity contribution in [1.29, 1.82) is 0 Å². The van der Waals surface area contributed by atoms with Crippen LogP contribution in [0.15, 0.2) is 30.6 Å². The van der Waals surface area contributed by atoms with E-state index in [0.717, 1.165) is 12.4 Å². The molecule has 2 aliphatic rings. The summed E-state index contributed by atoms with van der Waals surface area (Å²) in [6.45, 7) is 2.23. The lowest BCUT2D eigenvalue weighted by Crippen LogP contribution is -2.51. The van der Waals surface area contributed by atoms with Gasteiger partial charge in [-0.15, -0.1) is 0 Å². The maximum absolute atomic E-state index is 14.4. The largest absolute Gasteiger partial charge is 0.481 e. The van der Waals surface area contributed by atoms with Gasteiger partial charge in [0.15, 0.2) is 11.5 Å². The lowest BCUT2D eigenvalue weighted by molar-refractivity contribution is -0.124. The molecular weight excluding hydrogens is 506 g/mol. The van der Waals surface area contributed by atoms with E-state index in [1.54, 1.807) is 4.90 Å². The first-order chi connectivity index (χ1) is 17.6. The molecule has 2 fully saturated rings. The molecule has 3 aromatic rings. The number of methoxy groups -OCH3 is 1. The fourth-order valence-corrected chi connectivity index (χ4v) is 5.92. The number of likely N-dealkylation sites (tertiary alicyclic amines) is 1. The zero-order chi connectivity index (χ0) is 26.5. The molecule has 1 spiro atoms. The number of ether oxygens (including phenoxy) is 1. The number of halogens is 3. The molecule has 0 aromatic carbocycles. The zero-order valence-electron chi connectivity index (χ0n) is 20.2. The number of carbonyl (C=O) groups excluding carboxylic acids is 2. The van der Waals surface area contributed by atoms with Crippen LogP contribution in [0.25, 0.3) is 11.3 Å². The number of nitrogens with one attached hydrogen (secondary N) is 1. The quantitative estimate of drug-likeness (QED) is 0.500. The Morgan fingerprint density at radius 1 is 1.24 bits per heavy atom. The molecule has 0 radical (unpaired) electrons. The number of nitrogens with two attached hydrogens (primary N) is 1. The summed E-state index contributed by atoms with van der Waals surface area (Å²) in [6, 6.07) is 4.10. The van der Waals surface area contributed by atoms with Crippen molar-refractivity contribution in [2.45, 2.75) is 37.6 Å². The van der Waals surface area contributed by atoms with Crippen molar-refractivity contribution in [2.24, 2.45) is 17.6 Å². The van der Waals surface area contributed by atoms with Crippen LogP contribution in [0.5, 0.6) is 5.88 Å². The summed E-state index contributed by atoms with van der Waals surface area (Å²) in [6.07, 6.45) is 3.57. The van der Waals surface area contributed by atoms with Gasteiger partial charge in [0.1, 0.15) is 5.82 Å². The van der Waals surface area contributed by atoms with E-state index in [1.807, 2.05) is 6.92 Å². The van der Waals surface area contributed by atoms with E-state index >= 15 is 0 Å². The van der Waals surface area contributed by atoms with Crippen LogP contribution in [0.2, 0.25) is 5.02 Å². The van der Waals surface area contributed by atoms with E-state index in [0.29, 0.717) is 37.2 Å². The average molecular weight is 531 g/mol. The molecule has 1 aliphatic heterocycles. The molecule has 3 aromatic heterocycles. The molecule has 1 saturated carbocycles. The standard InChI is InChI=1S/C25H25ClF2N6O3/c1-12(22-17(26)5-14(27)10-31-22)16-9-25(16)8-13(23(29)35)3-4-34(25)24(36)20-7-19(32-33-20)15-6-21(37-2)30-11-18(15)28/h5-7,10-13,16H,3-4,8-9H2,1-2H3,(H2,29,35)(H,32,33)/t12-,13?,16?,25?/m0/s1. The molecule has 4 atom stereocenters. The first-order valence-electron chi connectivity index (χ1n) is 11.8. The molecule has 194 valence electrons. The smallest absolute Gasteiger partial charge is 0.274 e. The molecule has 5 rings (SSSR count). The Hall–Kier alpha value is -3.60. The van der Waals surface area contributed by atoms with E-state index < -0.39 is 23.1 Å². The van der Waals surface area contributed by atoms with Gasteiger partial charge in [-0.2, -0.15) is 5.10 Å². The summed E-state index contributed by atoms with van der Waals surface area (Å²) in [4.78, 5) is 35.5. The van der Waals surface area contributed by atoms with Crippen molar-refractivity contribution in [3.8, 4) is 17.1 Å². The number of aromatic amines is 1. The van der Waals surface area contributed by atoms with Gasteiger partial charge in [0, 0.05) is 35.5 Å². The van der Waals surface area contributed by atoms with Crippen LogP contribution in [0.1, 0.15) is 48.3 Å². The minimum Gasteiger partial charge on any atom is -0.481 e. The molecule has 3 unspecified atom stereocenters. The number of hydrogen-bond acceptors (Lipinski definition) is 6. The van der Waals surface area contributed by atoms with E-state index in [9.17, 15) is 18.4 Å². The number of aromatic nitrogens is 4. The highest BCUT2D eigenvalue weighted by Gasteiger charge is 2.64. The number of hydrogen-bond donors (Lipinski definition) is 2. The first kappa shape index (κ1) is 25.1. The van der Waals surface area contributed by atoms with Gasteiger partial charge in [-0.1, -0.05) is 18.5 Å². The van der Waals surface area contributed by atoms with Crippen molar-refractivity contribution in [2.75, 3.05) is 13.7 Å². The lowest BCUT2D eigenvalue weighted by atomic mass is 9.84. The van der Waals surface area contributed by atoms with Crippen LogP contribution in [-0.4, -0.2) is 56.1 Å². The van der Waals surface area contributed by atoms with Gasteiger partial charge < -0.3 is 15.4 Å². The topological polar surface area (TPSA) is 127 Å². The molecule has 1 aliphatic carbocycles. The van der Waals surface area contributed by atoms with Crippen molar-refractivity contribution in [1.82, 2.24) is 25.1 Å². The van der Waals surface area contributed by atoms with E-state index in [4.69, 9.17) is 22.1 Å². The zero-order valence-corrected chi connectivity index (χ0v) is 20.9. The number of piperidine rings is 1. The van der Waals surface area contributed by atoms with Crippen LogP contribution >= 0.6 is 11.6 Å². The SMILES string of the molecule is COc1cc(-c2cc(C(=O)N3CCC(C(N)=O)CC34CC4[C@H](C)c3ncc(F)cc3Cl)n[nH]2)c(F)cn1. The summed E-state index contributed by atoms with van der Waals surface area (Å²) in [7, 11) is 1.42. The maximum Gasteiger partial charge on any atom is 0.274 e. The average Bonchev–Trinajstić information content (AvgIpc) is 3.34. The number of H-pyrrole nitrogens is 1. The van der Waals surface area contributed by atoms with Gasteiger partial charge in [-0.25, -0.2) is 13.8 Å². The van der Waals surface area contributed by atoms with Gasteiger partial charge in [0.2, 0.25) is 11.8 Å². The van der Waals surface area contributed by atoms with E-state index in [1.165, 1.54) is 25.3 Å². The fraction of sp³-hybridized carbons (Fsp3) is 0.400. The number of nitrogens with zero attached hydrogens (tertiary/aromatic N) is 4. The molecule has 3 N–H and O–H groups in total. The molecule has 1 saturated heterocycles. The molecular formula is C25H25ClF2N6O3. The van der Waals surface area contributed by atoms with E-state index in [-0.39, 0.29) is 45.8 Å². The van der Waals surface area contributed by atoms with Crippen molar-refractivity contribution >= 4 is 23.4 Å². The highest BCUT2D eigenvalue weighted by Crippen LogP contribution is 2.61. The Balaban J connectivity index is 1.44. The second-order valence-electron chi connectivity index (χ2n) is 9.65. The third kappa shape index (κ3) is 4.41. The van der Waals surface area contributed by atoms with Gasteiger partial charge in [0.05, 0.1) is 35.9 Å². The maximum atomic E-state index is 14.4. The monoisotopic (exact) mass is 530 g/mol. The summed E-state index contributed by atoms with van der Waals surface area (Å²) in [5, 5.41) is 7.09. The van der Waals surface area contributed by atoms with Gasteiger partial charge in [-0.3, -0.25) is 19.7 Å². The van der Waals surface area contributed by atoms with Crippen LogP contribution in [0.4, 0.5) is 8.78 Å². The highest BCUT2D eigenvalue weighted by molar-refractivity contribution is 6.31. The lowest BCUT2D eigenvalue weighted by Gasteiger charge is -2.40. The van der Waals surface area contributed by atoms with Crippen LogP contribution in [0.3, 0.4) is 0 Å². The Bertz CT molecular complexity index is 1380. The molecule has 12 heteroatoms. The molecule has 0 bridgehead atoms. The van der Waals surface area contributed by atoms with E-state index in [2.05, 4.69) is 20.2 Å². The minimum atomic E-state index is -0.655. The van der Waals surface area contributed by atoms with Crippen LogP contribution < -0.4 is 10.5 Å². The Morgan fingerprint density at radius 3 is 2.73 bits per heavy atom. The highest BCUT2D eigenvalue weighted by atomic mass is 35.5. The number of amides is 2.